The van der Waals surface area contributed by atoms with Gasteiger partial charge in [0.1, 0.15) is 23.2 Å². The summed E-state index contributed by atoms with van der Waals surface area (Å²) in [6.45, 7) is 0. The van der Waals surface area contributed by atoms with Crippen molar-refractivity contribution in [1.82, 2.24) is 0 Å². The second-order valence-corrected chi connectivity index (χ2v) is 11.4. The van der Waals surface area contributed by atoms with Gasteiger partial charge in [-0.1, -0.05) is 54.6 Å². The maximum absolute atomic E-state index is 5.63. The van der Waals surface area contributed by atoms with Crippen LogP contribution < -0.4 is 39.9 Å². The van der Waals surface area contributed by atoms with Gasteiger partial charge in [-0.05, 0) is 68.0 Å². The molecule has 0 amide bonds. The summed E-state index contributed by atoms with van der Waals surface area (Å²) in [5.41, 5.74) is 0. The molecule has 1 fully saturated rings. The number of hydrogen-bond donors (Lipinski definition) is 0. The van der Waals surface area contributed by atoms with Gasteiger partial charge in [0.05, 0.1) is 12.3 Å². The highest BCUT2D eigenvalue weighted by atomic mass is 127. The molecule has 4 rings (SSSR count). The third kappa shape index (κ3) is 4.93. The van der Waals surface area contributed by atoms with Crippen molar-refractivity contribution in [3.8, 4) is 0 Å². The molecule has 0 atom stereocenters. The van der Waals surface area contributed by atoms with Crippen molar-refractivity contribution in [2.45, 2.75) is 31.8 Å². The van der Waals surface area contributed by atoms with Gasteiger partial charge in [-0.25, -0.2) is 0 Å². The maximum Gasteiger partial charge on any atom is 0.112 e. The van der Waals surface area contributed by atoms with Crippen LogP contribution in [0.1, 0.15) is 25.7 Å². The summed E-state index contributed by atoms with van der Waals surface area (Å²) in [6.07, 6.45) is 6.63. The van der Waals surface area contributed by atoms with Crippen molar-refractivity contribution < 1.29 is 28.7 Å². The number of ether oxygens (including phenoxy) is 1. The van der Waals surface area contributed by atoms with Crippen LogP contribution in [0.4, 0.5) is 0 Å². The number of rotatable bonds is 6. The van der Waals surface area contributed by atoms with Crippen molar-refractivity contribution in [3.05, 3.63) is 91.0 Å². The Labute approximate surface area is 193 Å². The van der Waals surface area contributed by atoms with Gasteiger partial charge in [-0.3, -0.25) is 0 Å². The van der Waals surface area contributed by atoms with Crippen LogP contribution in [0.25, 0.3) is 0 Å². The molecule has 1 aliphatic carbocycles. The minimum atomic E-state index is -1.69. The Bertz CT molecular complexity index is 749. The van der Waals surface area contributed by atoms with Gasteiger partial charge in [-0.2, -0.15) is 0 Å². The molecule has 0 saturated heterocycles. The quantitative estimate of drug-likeness (QED) is 0.361. The standard InChI is InChI=1S/C26H30OP.HI/c1-27-23-19-17-22(18-20-23)21-28(24-11-5-2-6-12-24,25-13-7-3-8-14-25)26-15-9-4-10-16-26;/h2-16,22-23H,17-21H2,1H3;1H/q+1;/p-1/t22-,23-;. The Morgan fingerprint density at radius 2 is 1.03 bits per heavy atom. The van der Waals surface area contributed by atoms with Crippen molar-refractivity contribution in [1.29, 1.82) is 0 Å². The number of hydrogen-bond acceptors (Lipinski definition) is 1. The molecule has 0 aromatic heterocycles. The smallest absolute Gasteiger partial charge is 0.112 e. The summed E-state index contributed by atoms with van der Waals surface area (Å²) >= 11 is 0. The summed E-state index contributed by atoms with van der Waals surface area (Å²) in [5.74, 6) is 0.750. The Morgan fingerprint density at radius 3 is 1.38 bits per heavy atom. The predicted octanol–water partition coefficient (Wildman–Crippen LogP) is 2.19. The third-order valence-electron chi connectivity index (χ3n) is 6.25. The van der Waals surface area contributed by atoms with Gasteiger partial charge >= 0.3 is 0 Å². The molecule has 0 radical (unpaired) electrons. The fourth-order valence-corrected chi connectivity index (χ4v) is 9.46. The highest BCUT2D eigenvalue weighted by molar-refractivity contribution is 7.95. The summed E-state index contributed by atoms with van der Waals surface area (Å²) < 4.78 is 5.63. The third-order valence-corrected chi connectivity index (χ3v) is 10.9. The maximum atomic E-state index is 5.63. The normalized spacial score (nSPS) is 19.3. The first kappa shape index (κ1) is 22.5. The fourth-order valence-electron chi connectivity index (χ4n) is 4.75. The van der Waals surface area contributed by atoms with Gasteiger partial charge in [-0.15, -0.1) is 0 Å². The lowest BCUT2D eigenvalue weighted by Crippen LogP contribution is -3.00. The lowest BCUT2D eigenvalue weighted by molar-refractivity contribution is -0.00000680. The topological polar surface area (TPSA) is 9.23 Å². The first-order chi connectivity index (χ1) is 13.8. The van der Waals surface area contributed by atoms with Gasteiger partial charge < -0.3 is 28.7 Å². The van der Waals surface area contributed by atoms with E-state index in [0.29, 0.717) is 6.10 Å². The molecule has 0 heterocycles. The lowest BCUT2D eigenvalue weighted by atomic mass is 9.89. The van der Waals surface area contributed by atoms with Gasteiger partial charge in [0.2, 0.25) is 0 Å². The van der Waals surface area contributed by atoms with Crippen LogP contribution in [0, 0.1) is 5.92 Å². The fraction of sp³-hybridized carbons (Fsp3) is 0.308. The first-order valence-corrected chi connectivity index (χ1v) is 12.4. The van der Waals surface area contributed by atoms with Crippen LogP contribution in [0.5, 0.6) is 0 Å². The minimum absolute atomic E-state index is 0. The molecule has 29 heavy (non-hydrogen) atoms. The lowest BCUT2D eigenvalue weighted by Gasteiger charge is -2.34. The van der Waals surface area contributed by atoms with Gasteiger partial charge in [0.25, 0.3) is 0 Å². The molecular formula is C26H30IOP. The molecule has 0 bridgehead atoms. The van der Waals surface area contributed by atoms with E-state index in [-0.39, 0.29) is 24.0 Å². The van der Waals surface area contributed by atoms with Crippen molar-refractivity contribution in [2.24, 2.45) is 5.92 Å². The van der Waals surface area contributed by atoms with E-state index in [0.717, 1.165) is 5.92 Å². The highest BCUT2D eigenvalue weighted by Crippen LogP contribution is 2.57. The Morgan fingerprint density at radius 1 is 0.655 bits per heavy atom. The van der Waals surface area contributed by atoms with E-state index in [2.05, 4.69) is 91.0 Å². The molecule has 1 nitrogen and oxygen atoms in total. The summed E-state index contributed by atoms with van der Waals surface area (Å²) in [7, 11) is 0.171. The van der Waals surface area contributed by atoms with Crippen LogP contribution in [0.2, 0.25) is 0 Å². The zero-order valence-corrected chi connectivity index (χ0v) is 20.1. The predicted molar refractivity (Wildman–Crippen MR) is 123 cm³/mol. The SMILES string of the molecule is CO[C@H]1CC[C@H](C[P+](c2ccccc2)(c2ccccc2)c2ccccc2)CC1.[I-]. The Balaban J connectivity index is 0.00000240. The molecule has 0 unspecified atom stereocenters. The number of halogens is 1. The minimum Gasteiger partial charge on any atom is -1.00 e. The second kappa shape index (κ2) is 10.7. The summed E-state index contributed by atoms with van der Waals surface area (Å²) in [5, 5.41) is 4.50. The zero-order chi connectivity index (χ0) is 19.2. The van der Waals surface area contributed by atoms with Crippen LogP contribution >= 0.6 is 7.26 Å². The highest BCUT2D eigenvalue weighted by Gasteiger charge is 2.47. The molecular weight excluding hydrogens is 486 g/mol. The Hall–Kier alpha value is -1.22. The molecule has 152 valence electrons. The van der Waals surface area contributed by atoms with Gasteiger partial charge in [0.15, 0.2) is 0 Å². The molecule has 1 aliphatic rings. The molecule has 0 N–H and O–H groups in total. The zero-order valence-electron chi connectivity index (χ0n) is 17.1. The van der Waals surface area contributed by atoms with Crippen molar-refractivity contribution >= 4 is 23.2 Å². The van der Waals surface area contributed by atoms with Crippen LogP contribution in [0.3, 0.4) is 0 Å². The average molecular weight is 516 g/mol. The van der Waals surface area contributed by atoms with E-state index in [1.807, 2.05) is 7.11 Å². The van der Waals surface area contributed by atoms with Gasteiger partial charge in [0, 0.05) is 7.11 Å². The van der Waals surface area contributed by atoms with E-state index in [1.165, 1.54) is 47.8 Å². The molecule has 0 aliphatic heterocycles. The molecule has 3 heteroatoms. The summed E-state index contributed by atoms with van der Waals surface area (Å²) in [6, 6.07) is 33.8. The van der Waals surface area contributed by atoms with Crippen LogP contribution in [-0.2, 0) is 4.74 Å². The van der Waals surface area contributed by atoms with Crippen molar-refractivity contribution in [2.75, 3.05) is 13.3 Å². The number of methoxy groups -OCH3 is 1. The van der Waals surface area contributed by atoms with Crippen LogP contribution in [-0.4, -0.2) is 19.4 Å². The Kier molecular flexibility index (Phi) is 8.29. The van der Waals surface area contributed by atoms with Crippen LogP contribution in [0.15, 0.2) is 91.0 Å². The summed E-state index contributed by atoms with van der Waals surface area (Å²) in [4.78, 5) is 0. The molecule has 3 aromatic carbocycles. The van der Waals surface area contributed by atoms with E-state index in [9.17, 15) is 0 Å². The van der Waals surface area contributed by atoms with E-state index in [1.54, 1.807) is 0 Å². The first-order valence-electron chi connectivity index (χ1n) is 10.4. The van der Waals surface area contributed by atoms with E-state index >= 15 is 0 Å². The molecule has 3 aromatic rings. The van der Waals surface area contributed by atoms with E-state index in [4.69, 9.17) is 4.74 Å². The number of benzene rings is 3. The van der Waals surface area contributed by atoms with E-state index < -0.39 is 7.26 Å². The average Bonchev–Trinajstić information content (AvgIpc) is 2.80. The second-order valence-electron chi connectivity index (χ2n) is 7.88. The monoisotopic (exact) mass is 516 g/mol. The largest absolute Gasteiger partial charge is 1.00 e. The molecule has 0 spiro atoms. The molecule has 1 saturated carbocycles. The van der Waals surface area contributed by atoms with Crippen molar-refractivity contribution in [3.63, 3.8) is 0 Å².